The van der Waals surface area contributed by atoms with Crippen LogP contribution in [0.1, 0.15) is 0 Å². The first-order valence-electron chi connectivity index (χ1n) is 20.9. The molecule has 1 aliphatic rings. The van der Waals surface area contributed by atoms with E-state index in [1.54, 1.807) is 11.3 Å². The van der Waals surface area contributed by atoms with Crippen LogP contribution < -0.4 is 0 Å². The van der Waals surface area contributed by atoms with Gasteiger partial charge in [-0.15, -0.1) is 11.3 Å². The summed E-state index contributed by atoms with van der Waals surface area (Å²) in [6, 6.07) is 70.6. The van der Waals surface area contributed by atoms with Crippen molar-refractivity contribution in [1.29, 1.82) is 0 Å². The standard InChI is InChI=1S/C56H32N4S2/c1-3-14-33(15-4-1)53-55-54(39-20-9-12-24-48(39)62-55)58-56(57-53)60-44-22-10-7-18-37(44)41-30-34(26-28-46(41)60)35-27-29-49-42(31-35)43-32-47-51(40-21-13-25-50(61-49)52(40)43)38-19-8-11-23-45(38)59(47)36-16-5-2-6-17-36/h1-32H. The number of para-hydroxylation sites is 3. The molecule has 0 amide bonds. The minimum atomic E-state index is 0.677. The number of nitrogens with zero attached hydrogens (tertiary/aromatic N) is 4. The highest BCUT2D eigenvalue weighted by molar-refractivity contribution is 7.99. The molecule has 13 aromatic rings. The summed E-state index contributed by atoms with van der Waals surface area (Å²) in [5.41, 5.74) is 13.7. The smallest absolute Gasteiger partial charge is 0.235 e. The normalized spacial score (nSPS) is 12.5. The summed E-state index contributed by atoms with van der Waals surface area (Å²) in [5, 5.41) is 8.71. The number of hydrogen-bond donors (Lipinski definition) is 0. The topological polar surface area (TPSA) is 35.6 Å². The van der Waals surface area contributed by atoms with E-state index in [1.807, 2.05) is 11.8 Å². The minimum absolute atomic E-state index is 0.677. The molecule has 5 heterocycles. The van der Waals surface area contributed by atoms with E-state index in [-0.39, 0.29) is 0 Å². The molecule has 4 aromatic heterocycles. The molecule has 0 radical (unpaired) electrons. The average molecular weight is 825 g/mol. The first-order valence-corrected chi connectivity index (χ1v) is 22.5. The summed E-state index contributed by atoms with van der Waals surface area (Å²) in [5.74, 6) is 0.677. The molecule has 0 unspecified atom stereocenters. The molecule has 288 valence electrons. The molecule has 62 heavy (non-hydrogen) atoms. The Labute approximate surface area is 364 Å². The molecule has 0 saturated carbocycles. The molecule has 0 spiro atoms. The number of fused-ring (bicyclic) bond motifs is 12. The van der Waals surface area contributed by atoms with Crippen molar-refractivity contribution in [2.75, 3.05) is 0 Å². The lowest BCUT2D eigenvalue weighted by molar-refractivity contribution is 1.02. The predicted octanol–water partition coefficient (Wildman–Crippen LogP) is 15.7. The van der Waals surface area contributed by atoms with Gasteiger partial charge < -0.3 is 4.57 Å². The minimum Gasteiger partial charge on any atom is -0.309 e. The molecule has 0 N–H and O–H groups in total. The molecule has 6 heteroatoms. The number of rotatable bonds is 4. The van der Waals surface area contributed by atoms with E-state index in [2.05, 4.69) is 203 Å². The third kappa shape index (κ3) is 4.84. The molecular formula is C56H32N4S2. The van der Waals surface area contributed by atoms with Gasteiger partial charge in [-0.25, -0.2) is 9.97 Å². The van der Waals surface area contributed by atoms with Gasteiger partial charge in [-0.05, 0) is 94.4 Å². The Kier molecular flexibility index (Phi) is 7.17. The van der Waals surface area contributed by atoms with Crippen LogP contribution in [0.5, 0.6) is 0 Å². The third-order valence-electron chi connectivity index (χ3n) is 12.7. The highest BCUT2D eigenvalue weighted by Crippen LogP contribution is 2.52. The van der Waals surface area contributed by atoms with Crippen molar-refractivity contribution in [2.45, 2.75) is 9.79 Å². The number of benzene rings is 9. The fourth-order valence-corrected chi connectivity index (χ4v) is 12.3. The van der Waals surface area contributed by atoms with Gasteiger partial charge in [0.2, 0.25) is 5.95 Å². The Bertz CT molecular complexity index is 4010. The van der Waals surface area contributed by atoms with Crippen LogP contribution in [0.3, 0.4) is 0 Å². The van der Waals surface area contributed by atoms with E-state index in [4.69, 9.17) is 9.97 Å². The van der Waals surface area contributed by atoms with Gasteiger partial charge in [0.05, 0.1) is 38.0 Å². The maximum absolute atomic E-state index is 5.39. The van der Waals surface area contributed by atoms with Gasteiger partial charge in [-0.3, -0.25) is 4.57 Å². The number of hydrogen-bond acceptors (Lipinski definition) is 4. The average Bonchev–Trinajstić information content (AvgIpc) is 3.99. The quantitative estimate of drug-likeness (QED) is 0.177. The van der Waals surface area contributed by atoms with E-state index in [0.717, 1.165) is 37.9 Å². The van der Waals surface area contributed by atoms with E-state index in [1.165, 1.54) is 85.8 Å². The Hall–Kier alpha value is -7.51. The zero-order valence-corrected chi connectivity index (χ0v) is 34.7. The lowest BCUT2D eigenvalue weighted by atomic mass is 9.92. The van der Waals surface area contributed by atoms with E-state index in [0.29, 0.717) is 5.95 Å². The van der Waals surface area contributed by atoms with Gasteiger partial charge in [0.1, 0.15) is 0 Å². The van der Waals surface area contributed by atoms with Crippen molar-refractivity contribution in [3.8, 4) is 45.1 Å². The first kappa shape index (κ1) is 34.2. The van der Waals surface area contributed by atoms with Gasteiger partial charge in [-0.1, -0.05) is 139 Å². The van der Waals surface area contributed by atoms with Crippen LogP contribution in [-0.4, -0.2) is 19.1 Å². The maximum Gasteiger partial charge on any atom is 0.235 e. The van der Waals surface area contributed by atoms with Gasteiger partial charge in [0.25, 0.3) is 0 Å². The fraction of sp³-hybridized carbons (Fsp3) is 0. The van der Waals surface area contributed by atoms with Crippen molar-refractivity contribution in [2.24, 2.45) is 0 Å². The van der Waals surface area contributed by atoms with Crippen LogP contribution >= 0.6 is 23.1 Å². The Balaban J connectivity index is 0.975. The van der Waals surface area contributed by atoms with Crippen molar-refractivity contribution in [1.82, 2.24) is 19.1 Å². The summed E-state index contributed by atoms with van der Waals surface area (Å²) in [7, 11) is 0. The SMILES string of the molecule is c1ccc(-c2nc(-n3c4ccccc4c4cc(-c5ccc6c(c5)-c5cc7c(c8cccc(c58)S6)c5ccccc5n7-c5ccccc5)ccc43)nc3c2sc2ccccc23)cc1. The maximum atomic E-state index is 5.39. The largest absolute Gasteiger partial charge is 0.309 e. The Morgan fingerprint density at radius 1 is 0.387 bits per heavy atom. The van der Waals surface area contributed by atoms with E-state index < -0.39 is 0 Å². The third-order valence-corrected chi connectivity index (χ3v) is 15.0. The molecule has 0 atom stereocenters. The summed E-state index contributed by atoms with van der Waals surface area (Å²) in [4.78, 5) is 13.3. The highest BCUT2D eigenvalue weighted by atomic mass is 32.2. The zero-order chi connectivity index (χ0) is 40.5. The molecule has 0 aliphatic carbocycles. The second kappa shape index (κ2) is 13.0. The summed E-state index contributed by atoms with van der Waals surface area (Å²) < 4.78 is 7.01. The van der Waals surface area contributed by atoms with Gasteiger partial charge in [-0.2, -0.15) is 0 Å². The molecule has 0 saturated heterocycles. The highest BCUT2D eigenvalue weighted by Gasteiger charge is 2.25. The molecule has 1 aliphatic heterocycles. The molecule has 0 fully saturated rings. The number of aromatic nitrogens is 4. The van der Waals surface area contributed by atoms with Crippen molar-refractivity contribution in [3.63, 3.8) is 0 Å². The van der Waals surface area contributed by atoms with Crippen LogP contribution in [0.4, 0.5) is 0 Å². The van der Waals surface area contributed by atoms with Crippen LogP contribution in [0.15, 0.2) is 204 Å². The second-order valence-electron chi connectivity index (χ2n) is 16.1. The Morgan fingerprint density at radius 3 is 1.92 bits per heavy atom. The summed E-state index contributed by atoms with van der Waals surface area (Å²) in [6.45, 7) is 0. The van der Waals surface area contributed by atoms with Crippen molar-refractivity contribution >= 4 is 97.8 Å². The molecule has 4 nitrogen and oxygen atoms in total. The van der Waals surface area contributed by atoms with Crippen molar-refractivity contribution < 1.29 is 0 Å². The first-order chi connectivity index (χ1) is 30.7. The van der Waals surface area contributed by atoms with Gasteiger partial charge in [0, 0.05) is 58.1 Å². The molecule has 14 rings (SSSR count). The monoisotopic (exact) mass is 824 g/mol. The van der Waals surface area contributed by atoms with Crippen LogP contribution in [0, 0.1) is 0 Å². The van der Waals surface area contributed by atoms with Gasteiger partial charge >= 0.3 is 0 Å². The molecule has 0 bridgehead atoms. The molecule has 9 aromatic carbocycles. The van der Waals surface area contributed by atoms with Crippen LogP contribution in [0.25, 0.3) is 120 Å². The Morgan fingerprint density at radius 2 is 1.06 bits per heavy atom. The lowest BCUT2D eigenvalue weighted by Gasteiger charge is -2.22. The number of thiophene rings is 1. The van der Waals surface area contributed by atoms with Gasteiger partial charge in [0.15, 0.2) is 0 Å². The predicted molar refractivity (Wildman–Crippen MR) is 262 cm³/mol. The summed E-state index contributed by atoms with van der Waals surface area (Å²) in [6.07, 6.45) is 0. The second-order valence-corrected chi connectivity index (χ2v) is 18.2. The van der Waals surface area contributed by atoms with E-state index >= 15 is 0 Å². The fourth-order valence-electron chi connectivity index (χ4n) is 10.0. The van der Waals surface area contributed by atoms with Crippen LogP contribution in [-0.2, 0) is 0 Å². The molecular weight excluding hydrogens is 793 g/mol. The zero-order valence-electron chi connectivity index (χ0n) is 33.1. The van der Waals surface area contributed by atoms with Crippen LogP contribution in [0.2, 0.25) is 0 Å². The van der Waals surface area contributed by atoms with E-state index in [9.17, 15) is 0 Å². The van der Waals surface area contributed by atoms with Crippen molar-refractivity contribution in [3.05, 3.63) is 194 Å². The lowest BCUT2D eigenvalue weighted by Crippen LogP contribution is -2.02. The summed E-state index contributed by atoms with van der Waals surface area (Å²) >= 11 is 3.64.